The van der Waals surface area contributed by atoms with Gasteiger partial charge in [0.15, 0.2) is 0 Å². The Labute approximate surface area is 77.1 Å². The second kappa shape index (κ2) is 4.02. The first-order valence-corrected chi connectivity index (χ1v) is 4.46. The molecule has 1 fully saturated rings. The van der Waals surface area contributed by atoms with E-state index in [1.54, 1.807) is 6.92 Å². The van der Waals surface area contributed by atoms with Crippen molar-refractivity contribution in [3.63, 3.8) is 0 Å². The summed E-state index contributed by atoms with van der Waals surface area (Å²) in [6, 6.07) is -0.743. The number of hydrogen-bond donors (Lipinski definition) is 2. The van der Waals surface area contributed by atoms with Crippen LogP contribution in [-0.2, 0) is 4.79 Å². The summed E-state index contributed by atoms with van der Waals surface area (Å²) in [5.41, 5.74) is 10.8. The number of nitrogens with two attached hydrogens (primary N) is 2. The molecule has 1 rings (SSSR count). The molecule has 0 aromatic rings. The predicted molar refractivity (Wildman–Crippen MR) is 47.7 cm³/mol. The van der Waals surface area contributed by atoms with Crippen molar-refractivity contribution in [1.29, 1.82) is 0 Å². The molecule has 1 unspecified atom stereocenters. The van der Waals surface area contributed by atoms with E-state index in [1.807, 2.05) is 0 Å². The lowest BCUT2D eigenvalue weighted by Gasteiger charge is -2.24. The largest absolute Gasteiger partial charge is 0.334 e. The fourth-order valence-electron chi connectivity index (χ4n) is 1.61. The summed E-state index contributed by atoms with van der Waals surface area (Å²) < 4.78 is 12.9. The monoisotopic (exact) mass is 189 g/mol. The molecule has 1 amide bonds. The second-order valence-electron chi connectivity index (χ2n) is 3.50. The van der Waals surface area contributed by atoms with Crippen LogP contribution in [0, 0.1) is 0 Å². The molecule has 3 atom stereocenters. The van der Waals surface area contributed by atoms with Gasteiger partial charge in [-0.15, -0.1) is 0 Å². The Hall–Kier alpha value is -0.680. The van der Waals surface area contributed by atoms with E-state index < -0.39 is 12.2 Å². The third-order valence-electron chi connectivity index (χ3n) is 2.31. The highest BCUT2D eigenvalue weighted by Crippen LogP contribution is 2.19. The number of hydrogen-bond acceptors (Lipinski definition) is 3. The van der Waals surface area contributed by atoms with Crippen LogP contribution >= 0.6 is 0 Å². The molecular formula is C8H16FN3O. The van der Waals surface area contributed by atoms with Gasteiger partial charge in [0.2, 0.25) is 5.91 Å². The van der Waals surface area contributed by atoms with Gasteiger partial charge in [-0.3, -0.25) is 4.79 Å². The van der Waals surface area contributed by atoms with Gasteiger partial charge in [0.1, 0.15) is 6.17 Å². The Bertz CT molecular complexity index is 198. The Kier molecular flexibility index (Phi) is 3.22. The van der Waals surface area contributed by atoms with Crippen LogP contribution in [0.1, 0.15) is 13.3 Å². The van der Waals surface area contributed by atoms with Gasteiger partial charge in [-0.25, -0.2) is 4.39 Å². The van der Waals surface area contributed by atoms with Crippen molar-refractivity contribution in [2.75, 3.05) is 13.1 Å². The molecule has 0 aliphatic carbocycles. The summed E-state index contributed by atoms with van der Waals surface area (Å²) in [6.45, 7) is 2.04. The second-order valence-corrected chi connectivity index (χ2v) is 3.50. The van der Waals surface area contributed by atoms with Crippen LogP contribution in [-0.4, -0.2) is 42.2 Å². The minimum absolute atomic E-state index is 0.141. The van der Waals surface area contributed by atoms with Crippen molar-refractivity contribution < 1.29 is 9.18 Å². The van der Waals surface area contributed by atoms with Crippen LogP contribution in [0.2, 0.25) is 0 Å². The van der Waals surface area contributed by atoms with E-state index in [1.165, 1.54) is 4.90 Å². The highest BCUT2D eigenvalue weighted by atomic mass is 19.1. The van der Waals surface area contributed by atoms with E-state index in [4.69, 9.17) is 11.5 Å². The summed E-state index contributed by atoms with van der Waals surface area (Å²) in [4.78, 5) is 12.9. The molecule has 5 heteroatoms. The number of rotatable bonds is 2. The molecule has 13 heavy (non-hydrogen) atoms. The zero-order valence-corrected chi connectivity index (χ0v) is 7.74. The molecular weight excluding hydrogens is 173 g/mol. The van der Waals surface area contributed by atoms with Gasteiger partial charge in [0.05, 0.1) is 12.6 Å². The fourth-order valence-corrected chi connectivity index (χ4v) is 1.61. The first-order chi connectivity index (χ1) is 6.06. The Morgan fingerprint density at radius 1 is 1.77 bits per heavy atom. The van der Waals surface area contributed by atoms with Gasteiger partial charge in [-0.05, 0) is 6.92 Å². The number of likely N-dealkylation sites (tertiary alicyclic amines) is 1. The maximum absolute atomic E-state index is 12.9. The Balaban J connectivity index is 2.62. The maximum Gasteiger partial charge on any atom is 0.239 e. The molecule has 1 heterocycles. The van der Waals surface area contributed by atoms with Gasteiger partial charge in [0, 0.05) is 19.0 Å². The zero-order chi connectivity index (χ0) is 10.0. The number of nitrogens with zero attached hydrogens (tertiary/aromatic N) is 1. The molecule has 1 aliphatic rings. The third kappa shape index (κ3) is 2.16. The molecule has 4 N–H and O–H groups in total. The fraction of sp³-hybridized carbons (Fsp3) is 0.875. The van der Waals surface area contributed by atoms with Crippen molar-refractivity contribution in [2.45, 2.75) is 31.6 Å². The topological polar surface area (TPSA) is 72.4 Å². The molecule has 0 aromatic carbocycles. The molecule has 0 saturated carbocycles. The molecule has 4 nitrogen and oxygen atoms in total. The van der Waals surface area contributed by atoms with Gasteiger partial charge in [-0.2, -0.15) is 0 Å². The van der Waals surface area contributed by atoms with Crippen LogP contribution in [0.5, 0.6) is 0 Å². The summed E-state index contributed by atoms with van der Waals surface area (Å²) in [5.74, 6) is -0.212. The van der Waals surface area contributed by atoms with E-state index in [2.05, 4.69) is 0 Å². The summed E-state index contributed by atoms with van der Waals surface area (Å²) in [7, 11) is 0. The highest BCUT2D eigenvalue weighted by Gasteiger charge is 2.35. The average molecular weight is 189 g/mol. The van der Waals surface area contributed by atoms with E-state index in [-0.39, 0.29) is 18.5 Å². The quantitative estimate of drug-likeness (QED) is 0.599. The minimum Gasteiger partial charge on any atom is -0.334 e. The lowest BCUT2D eigenvalue weighted by atomic mass is 10.2. The lowest BCUT2D eigenvalue weighted by molar-refractivity contribution is -0.133. The number of carbonyl (C=O) groups is 1. The molecule has 0 bridgehead atoms. The third-order valence-corrected chi connectivity index (χ3v) is 2.31. The van der Waals surface area contributed by atoms with Crippen molar-refractivity contribution in [1.82, 2.24) is 4.90 Å². The van der Waals surface area contributed by atoms with Crippen molar-refractivity contribution in [3.8, 4) is 0 Å². The van der Waals surface area contributed by atoms with Crippen LogP contribution in [0.25, 0.3) is 0 Å². The molecule has 76 valence electrons. The van der Waals surface area contributed by atoms with E-state index in [9.17, 15) is 9.18 Å². The average Bonchev–Trinajstić information content (AvgIpc) is 2.45. The number of carbonyl (C=O) groups excluding carboxylic acids is 1. The van der Waals surface area contributed by atoms with E-state index >= 15 is 0 Å². The van der Waals surface area contributed by atoms with Gasteiger partial charge in [-0.1, -0.05) is 0 Å². The smallest absolute Gasteiger partial charge is 0.239 e. The molecule has 0 spiro atoms. The Morgan fingerprint density at radius 2 is 2.38 bits per heavy atom. The zero-order valence-electron chi connectivity index (χ0n) is 7.74. The summed E-state index contributed by atoms with van der Waals surface area (Å²) in [6.07, 6.45) is -0.606. The standard InChI is InChI=1S/C8H16FN3O/c1-5(11)8(13)12-4-6(9)2-7(12)3-10/h5-7H,2-4,10-11H2,1H3/t5?,6-,7+/m1/s1. The van der Waals surface area contributed by atoms with Crippen LogP contribution in [0.3, 0.4) is 0 Å². The molecule has 0 radical (unpaired) electrons. The number of alkyl halides is 1. The highest BCUT2D eigenvalue weighted by molar-refractivity contribution is 5.81. The molecule has 1 aliphatic heterocycles. The van der Waals surface area contributed by atoms with Crippen molar-refractivity contribution in [3.05, 3.63) is 0 Å². The number of halogens is 1. The van der Waals surface area contributed by atoms with Gasteiger partial charge in [0.25, 0.3) is 0 Å². The van der Waals surface area contributed by atoms with E-state index in [0.29, 0.717) is 13.0 Å². The first kappa shape index (κ1) is 10.4. The SMILES string of the molecule is CC(N)C(=O)N1C[C@H](F)C[C@H]1CN. The molecule has 0 aromatic heterocycles. The maximum atomic E-state index is 12.9. The summed E-state index contributed by atoms with van der Waals surface area (Å²) in [5, 5.41) is 0. The van der Waals surface area contributed by atoms with Crippen LogP contribution < -0.4 is 11.5 Å². The van der Waals surface area contributed by atoms with E-state index in [0.717, 1.165) is 0 Å². The van der Waals surface area contributed by atoms with Gasteiger partial charge < -0.3 is 16.4 Å². The van der Waals surface area contributed by atoms with Crippen LogP contribution in [0.15, 0.2) is 0 Å². The lowest BCUT2D eigenvalue weighted by Crippen LogP contribution is -2.47. The van der Waals surface area contributed by atoms with Crippen molar-refractivity contribution in [2.24, 2.45) is 11.5 Å². The minimum atomic E-state index is -0.948. The molecule has 1 saturated heterocycles. The summed E-state index contributed by atoms with van der Waals surface area (Å²) >= 11 is 0. The normalized spacial score (nSPS) is 30.6. The van der Waals surface area contributed by atoms with Gasteiger partial charge >= 0.3 is 0 Å². The predicted octanol–water partition coefficient (Wildman–Crippen LogP) is -0.769. The van der Waals surface area contributed by atoms with Crippen molar-refractivity contribution >= 4 is 5.91 Å². The Morgan fingerprint density at radius 3 is 2.85 bits per heavy atom. The first-order valence-electron chi connectivity index (χ1n) is 4.46. The number of amides is 1. The van der Waals surface area contributed by atoms with Crippen LogP contribution in [0.4, 0.5) is 4.39 Å².